The molecule has 7 heteroatoms. The Morgan fingerprint density at radius 2 is 1.93 bits per heavy atom. The van der Waals surface area contributed by atoms with E-state index in [1.54, 1.807) is 0 Å². The molecule has 0 radical (unpaired) electrons. The molecule has 15 heavy (non-hydrogen) atoms. The number of hydrogen-bond acceptors (Lipinski definition) is 2. The number of nitrogens with one attached hydrogen (secondary N) is 1. The van der Waals surface area contributed by atoms with Gasteiger partial charge in [-0.15, -0.1) is 0 Å². The molecule has 1 atom stereocenters. The van der Waals surface area contributed by atoms with Crippen molar-refractivity contribution in [1.29, 1.82) is 0 Å². The summed E-state index contributed by atoms with van der Waals surface area (Å²) in [5.41, 5.74) is 0. The number of alkyl halides is 3. The molecular weight excluding hydrogens is 215 g/mol. The first-order valence-electron chi connectivity index (χ1n) is 4.31. The second-order valence-electron chi connectivity index (χ2n) is 3.07. The topological polar surface area (TPSA) is 66.4 Å². The van der Waals surface area contributed by atoms with Crippen LogP contribution in [0, 0.1) is 5.92 Å². The highest BCUT2D eigenvalue weighted by molar-refractivity contribution is 5.96. The van der Waals surface area contributed by atoms with Gasteiger partial charge in [0.2, 0.25) is 5.91 Å². The van der Waals surface area contributed by atoms with E-state index in [0.717, 1.165) is 0 Å². The van der Waals surface area contributed by atoms with E-state index >= 15 is 0 Å². The quantitative estimate of drug-likeness (QED) is 0.547. The molecule has 4 nitrogen and oxygen atoms in total. The first-order valence-corrected chi connectivity index (χ1v) is 4.31. The molecule has 0 bridgehead atoms. The molecule has 0 spiro atoms. The van der Waals surface area contributed by atoms with Crippen LogP contribution in [0.2, 0.25) is 0 Å². The second kappa shape index (κ2) is 5.57. The maximum Gasteiger partial charge on any atom is 0.389 e. The summed E-state index contributed by atoms with van der Waals surface area (Å²) in [5, 5.41) is 10.5. The molecular formula is C8H12F3NO3. The highest BCUT2D eigenvalue weighted by Crippen LogP contribution is 2.20. The van der Waals surface area contributed by atoms with Gasteiger partial charge in [0, 0.05) is 13.0 Å². The Hall–Kier alpha value is -1.27. The van der Waals surface area contributed by atoms with Crippen LogP contribution >= 0.6 is 0 Å². The maximum atomic E-state index is 11.7. The van der Waals surface area contributed by atoms with Crippen LogP contribution in [0.5, 0.6) is 0 Å². The summed E-state index contributed by atoms with van der Waals surface area (Å²) >= 11 is 0. The maximum absolute atomic E-state index is 11.7. The number of aliphatic carboxylic acids is 1. The number of carbonyl (C=O) groups is 2. The molecule has 0 heterocycles. The summed E-state index contributed by atoms with van der Waals surface area (Å²) in [6.07, 6.45) is -5.49. The smallest absolute Gasteiger partial charge is 0.389 e. The van der Waals surface area contributed by atoms with Crippen molar-refractivity contribution >= 4 is 11.9 Å². The van der Waals surface area contributed by atoms with Crippen molar-refractivity contribution in [3.63, 3.8) is 0 Å². The monoisotopic (exact) mass is 227 g/mol. The lowest BCUT2D eigenvalue weighted by atomic mass is 10.1. The summed E-state index contributed by atoms with van der Waals surface area (Å²) < 4.78 is 35.0. The van der Waals surface area contributed by atoms with Gasteiger partial charge in [0.05, 0.1) is 0 Å². The Morgan fingerprint density at radius 3 is 2.33 bits per heavy atom. The van der Waals surface area contributed by atoms with E-state index in [-0.39, 0.29) is 13.0 Å². The molecule has 0 fully saturated rings. The number of rotatable bonds is 5. The molecule has 1 unspecified atom stereocenters. The Bertz CT molecular complexity index is 240. The molecule has 0 aromatic heterocycles. The van der Waals surface area contributed by atoms with Crippen molar-refractivity contribution < 1.29 is 27.9 Å². The minimum Gasteiger partial charge on any atom is -0.481 e. The van der Waals surface area contributed by atoms with Crippen molar-refractivity contribution in [2.24, 2.45) is 5.92 Å². The van der Waals surface area contributed by atoms with Gasteiger partial charge in [-0.05, 0) is 13.3 Å². The lowest BCUT2D eigenvalue weighted by Crippen LogP contribution is -2.34. The minimum absolute atomic E-state index is 0.171. The third kappa shape index (κ3) is 6.75. The predicted octanol–water partition coefficient (Wildman–Crippen LogP) is 1.17. The molecule has 0 aromatic carbocycles. The number of carboxylic acid groups (broad SMARTS) is 1. The first kappa shape index (κ1) is 13.7. The number of amides is 1. The summed E-state index contributed by atoms with van der Waals surface area (Å²) in [4.78, 5) is 21.2. The van der Waals surface area contributed by atoms with Crippen molar-refractivity contribution in [2.75, 3.05) is 6.54 Å². The van der Waals surface area contributed by atoms with Gasteiger partial charge >= 0.3 is 12.1 Å². The highest BCUT2D eigenvalue weighted by atomic mass is 19.4. The van der Waals surface area contributed by atoms with Crippen LogP contribution in [0.15, 0.2) is 0 Å². The molecule has 0 rings (SSSR count). The lowest BCUT2D eigenvalue weighted by Gasteiger charge is -2.09. The molecule has 0 saturated heterocycles. The number of halogens is 3. The van der Waals surface area contributed by atoms with E-state index in [1.807, 2.05) is 0 Å². The SMILES string of the molecule is CC(C(=O)O)C(=O)NCCCC(F)(F)F. The Kier molecular flexibility index (Phi) is 5.10. The normalized spacial score (nSPS) is 13.3. The fourth-order valence-corrected chi connectivity index (χ4v) is 0.766. The average Bonchev–Trinajstić information content (AvgIpc) is 2.09. The van der Waals surface area contributed by atoms with Crippen molar-refractivity contribution in [1.82, 2.24) is 5.32 Å². The van der Waals surface area contributed by atoms with E-state index < -0.39 is 30.4 Å². The van der Waals surface area contributed by atoms with Crippen LogP contribution in [-0.4, -0.2) is 29.7 Å². The van der Waals surface area contributed by atoms with Gasteiger partial charge in [-0.2, -0.15) is 13.2 Å². The van der Waals surface area contributed by atoms with E-state index in [1.165, 1.54) is 6.92 Å². The van der Waals surface area contributed by atoms with Gasteiger partial charge in [0.1, 0.15) is 5.92 Å². The zero-order valence-corrected chi connectivity index (χ0v) is 8.10. The zero-order valence-electron chi connectivity index (χ0n) is 8.10. The third-order valence-electron chi connectivity index (χ3n) is 1.70. The molecule has 2 N–H and O–H groups in total. The lowest BCUT2D eigenvalue weighted by molar-refractivity contribution is -0.147. The second-order valence-corrected chi connectivity index (χ2v) is 3.07. The molecule has 0 saturated carbocycles. The summed E-state index contributed by atoms with van der Waals surface area (Å²) in [5.74, 6) is -3.32. The van der Waals surface area contributed by atoms with Gasteiger partial charge in [-0.3, -0.25) is 9.59 Å². The fraction of sp³-hybridized carbons (Fsp3) is 0.750. The van der Waals surface area contributed by atoms with Gasteiger partial charge in [-0.1, -0.05) is 0 Å². The van der Waals surface area contributed by atoms with Crippen LogP contribution in [0.3, 0.4) is 0 Å². The Labute approximate surface area is 84.5 Å². The number of carboxylic acids is 1. The molecule has 0 aliphatic heterocycles. The van der Waals surface area contributed by atoms with Crippen molar-refractivity contribution in [2.45, 2.75) is 25.9 Å². The van der Waals surface area contributed by atoms with Gasteiger partial charge in [0.15, 0.2) is 0 Å². The zero-order chi connectivity index (χ0) is 12.1. The van der Waals surface area contributed by atoms with E-state index in [0.29, 0.717) is 0 Å². The third-order valence-corrected chi connectivity index (χ3v) is 1.70. The summed E-state index contributed by atoms with van der Waals surface area (Å²) in [7, 11) is 0. The van der Waals surface area contributed by atoms with Gasteiger partial charge in [-0.25, -0.2) is 0 Å². The summed E-state index contributed by atoms with van der Waals surface area (Å²) in [6.45, 7) is 0.997. The van der Waals surface area contributed by atoms with E-state index in [9.17, 15) is 22.8 Å². The minimum atomic E-state index is -4.25. The molecule has 0 aromatic rings. The molecule has 0 aliphatic carbocycles. The van der Waals surface area contributed by atoms with Crippen LogP contribution in [0.4, 0.5) is 13.2 Å². The van der Waals surface area contributed by atoms with Crippen LogP contribution in [0.25, 0.3) is 0 Å². The van der Waals surface area contributed by atoms with E-state index in [4.69, 9.17) is 5.11 Å². The Morgan fingerprint density at radius 1 is 1.40 bits per heavy atom. The van der Waals surface area contributed by atoms with E-state index in [2.05, 4.69) is 5.32 Å². The van der Waals surface area contributed by atoms with Crippen LogP contribution in [0.1, 0.15) is 19.8 Å². The van der Waals surface area contributed by atoms with Gasteiger partial charge < -0.3 is 10.4 Å². The number of hydrogen-bond donors (Lipinski definition) is 2. The molecule has 0 aliphatic rings. The highest BCUT2D eigenvalue weighted by Gasteiger charge is 2.26. The van der Waals surface area contributed by atoms with Crippen LogP contribution in [-0.2, 0) is 9.59 Å². The standard InChI is InChI=1S/C8H12F3NO3/c1-5(7(14)15)6(13)12-4-2-3-8(9,10)11/h5H,2-4H2,1H3,(H,12,13)(H,14,15). The molecule has 1 amide bonds. The van der Waals surface area contributed by atoms with Crippen molar-refractivity contribution in [3.8, 4) is 0 Å². The molecule has 88 valence electrons. The average molecular weight is 227 g/mol. The van der Waals surface area contributed by atoms with Crippen molar-refractivity contribution in [3.05, 3.63) is 0 Å². The number of carbonyl (C=O) groups excluding carboxylic acids is 1. The predicted molar refractivity (Wildman–Crippen MR) is 45.1 cm³/mol. The summed E-state index contributed by atoms with van der Waals surface area (Å²) in [6, 6.07) is 0. The largest absolute Gasteiger partial charge is 0.481 e. The Balaban J connectivity index is 3.69. The van der Waals surface area contributed by atoms with Crippen LogP contribution < -0.4 is 5.32 Å². The van der Waals surface area contributed by atoms with Gasteiger partial charge in [0.25, 0.3) is 0 Å². The first-order chi connectivity index (χ1) is 6.74. The fourth-order valence-electron chi connectivity index (χ4n) is 0.766.